The van der Waals surface area contributed by atoms with Gasteiger partial charge in [0.2, 0.25) is 0 Å². The summed E-state index contributed by atoms with van der Waals surface area (Å²) in [5.74, 6) is -1.53. The van der Waals surface area contributed by atoms with Crippen molar-refractivity contribution in [3.63, 3.8) is 0 Å². The minimum Gasteiger partial charge on any atom is -0.506 e. The summed E-state index contributed by atoms with van der Waals surface area (Å²) in [6.45, 7) is 1.66. The maximum absolute atomic E-state index is 12.9. The van der Waals surface area contributed by atoms with E-state index in [9.17, 15) is 14.7 Å². The zero-order valence-electron chi connectivity index (χ0n) is 12.7. The zero-order valence-corrected chi connectivity index (χ0v) is 13.4. The first-order valence-corrected chi connectivity index (χ1v) is 7.47. The predicted molar refractivity (Wildman–Crippen MR) is 88.7 cm³/mol. The van der Waals surface area contributed by atoms with E-state index in [2.05, 4.69) is 4.98 Å². The molecule has 2 N–H and O–H groups in total. The molecule has 0 saturated heterocycles. The second-order valence-corrected chi connectivity index (χ2v) is 5.68. The van der Waals surface area contributed by atoms with Gasteiger partial charge in [-0.1, -0.05) is 11.6 Å². The summed E-state index contributed by atoms with van der Waals surface area (Å²) >= 11 is 6.17. The Bertz CT molecular complexity index is 964. The van der Waals surface area contributed by atoms with E-state index in [0.29, 0.717) is 27.7 Å². The zero-order chi connectivity index (χ0) is 17.4. The van der Waals surface area contributed by atoms with Gasteiger partial charge in [0.25, 0.3) is 5.91 Å². The van der Waals surface area contributed by atoms with Crippen LogP contribution in [-0.2, 0) is 11.2 Å². The number of aliphatic carboxylic acids is 1. The summed E-state index contributed by atoms with van der Waals surface area (Å²) in [6, 6.07) is 6.08. The van der Waals surface area contributed by atoms with Crippen LogP contribution in [0.15, 0.2) is 36.7 Å². The van der Waals surface area contributed by atoms with Crippen molar-refractivity contribution in [2.75, 3.05) is 0 Å². The Morgan fingerprint density at radius 3 is 2.50 bits per heavy atom. The molecule has 0 aliphatic rings. The van der Waals surface area contributed by atoms with Gasteiger partial charge in [-0.25, -0.2) is 0 Å². The molecule has 0 spiro atoms. The van der Waals surface area contributed by atoms with Gasteiger partial charge in [0.05, 0.1) is 17.0 Å². The maximum Gasteiger partial charge on any atom is 0.307 e. The first-order valence-electron chi connectivity index (χ1n) is 7.09. The maximum atomic E-state index is 12.9. The number of pyridine rings is 1. The van der Waals surface area contributed by atoms with Crippen LogP contribution in [0.3, 0.4) is 0 Å². The van der Waals surface area contributed by atoms with Gasteiger partial charge in [-0.05, 0) is 36.8 Å². The highest BCUT2D eigenvalue weighted by Crippen LogP contribution is 2.37. The van der Waals surface area contributed by atoms with E-state index in [4.69, 9.17) is 16.7 Å². The third-order valence-corrected chi connectivity index (χ3v) is 4.26. The molecule has 0 aliphatic heterocycles. The van der Waals surface area contributed by atoms with Crippen molar-refractivity contribution in [3.8, 4) is 5.75 Å². The van der Waals surface area contributed by atoms with Crippen molar-refractivity contribution < 1.29 is 19.8 Å². The third-order valence-electron chi connectivity index (χ3n) is 3.87. The van der Waals surface area contributed by atoms with Crippen LogP contribution in [0.25, 0.3) is 10.9 Å². The number of carbonyl (C=O) groups is 2. The van der Waals surface area contributed by atoms with E-state index < -0.39 is 5.97 Å². The van der Waals surface area contributed by atoms with Crippen LogP contribution < -0.4 is 0 Å². The molecule has 0 atom stereocenters. The van der Waals surface area contributed by atoms with E-state index in [1.54, 1.807) is 25.1 Å². The molecule has 7 heteroatoms. The number of fused-ring (bicyclic) bond motifs is 1. The molecule has 3 rings (SSSR count). The van der Waals surface area contributed by atoms with Crippen LogP contribution in [0.4, 0.5) is 0 Å². The van der Waals surface area contributed by atoms with Crippen molar-refractivity contribution in [1.29, 1.82) is 0 Å². The summed E-state index contributed by atoms with van der Waals surface area (Å²) in [5, 5.41) is 19.4. The van der Waals surface area contributed by atoms with E-state index in [-0.39, 0.29) is 23.1 Å². The fourth-order valence-corrected chi connectivity index (χ4v) is 3.05. The SMILES string of the molecule is Cc1c(CC(=O)O)c2c(Cl)c(O)ccc2n1C(=O)c1ccncc1. The summed E-state index contributed by atoms with van der Waals surface area (Å²) in [5.41, 5.74) is 1.74. The largest absolute Gasteiger partial charge is 0.506 e. The molecule has 2 heterocycles. The number of hydrogen-bond acceptors (Lipinski definition) is 4. The lowest BCUT2D eigenvalue weighted by Gasteiger charge is -2.07. The van der Waals surface area contributed by atoms with Crippen LogP contribution in [0.1, 0.15) is 21.6 Å². The number of carbonyl (C=O) groups excluding carboxylic acids is 1. The van der Waals surface area contributed by atoms with Crippen molar-refractivity contribution in [2.24, 2.45) is 0 Å². The highest BCUT2D eigenvalue weighted by molar-refractivity contribution is 6.37. The molecule has 0 amide bonds. The fraction of sp³-hybridized carbons (Fsp3) is 0.118. The summed E-state index contributed by atoms with van der Waals surface area (Å²) in [4.78, 5) is 27.9. The minimum absolute atomic E-state index is 0.0353. The molecule has 122 valence electrons. The van der Waals surface area contributed by atoms with Gasteiger partial charge >= 0.3 is 5.97 Å². The van der Waals surface area contributed by atoms with Crippen LogP contribution >= 0.6 is 11.6 Å². The van der Waals surface area contributed by atoms with Gasteiger partial charge in [0.15, 0.2) is 0 Å². The van der Waals surface area contributed by atoms with E-state index >= 15 is 0 Å². The molecule has 3 aromatic rings. The average Bonchev–Trinajstić information content (AvgIpc) is 2.83. The normalized spacial score (nSPS) is 10.9. The van der Waals surface area contributed by atoms with Gasteiger partial charge in [0.1, 0.15) is 5.75 Å². The number of aromatic nitrogens is 2. The van der Waals surface area contributed by atoms with E-state index in [1.165, 1.54) is 23.0 Å². The van der Waals surface area contributed by atoms with Gasteiger partial charge in [-0.15, -0.1) is 0 Å². The smallest absolute Gasteiger partial charge is 0.307 e. The van der Waals surface area contributed by atoms with Gasteiger partial charge in [-0.2, -0.15) is 0 Å². The van der Waals surface area contributed by atoms with E-state index in [1.807, 2.05) is 0 Å². The number of rotatable bonds is 3. The second kappa shape index (κ2) is 5.98. The Morgan fingerprint density at radius 1 is 1.21 bits per heavy atom. The average molecular weight is 345 g/mol. The summed E-state index contributed by atoms with van der Waals surface area (Å²) < 4.78 is 1.41. The number of phenols is 1. The van der Waals surface area contributed by atoms with Crippen LogP contribution in [0.2, 0.25) is 5.02 Å². The van der Waals surface area contributed by atoms with Crippen molar-refractivity contribution >= 4 is 34.4 Å². The molecular formula is C17H13ClN2O4. The molecule has 0 aliphatic carbocycles. The minimum atomic E-state index is -1.05. The molecule has 24 heavy (non-hydrogen) atoms. The highest BCUT2D eigenvalue weighted by atomic mass is 35.5. The Balaban J connectivity index is 2.33. The molecule has 6 nitrogen and oxygen atoms in total. The Hall–Kier alpha value is -2.86. The second-order valence-electron chi connectivity index (χ2n) is 5.30. The number of hydrogen-bond donors (Lipinski definition) is 2. The molecule has 1 aromatic carbocycles. The molecule has 2 aromatic heterocycles. The molecular weight excluding hydrogens is 332 g/mol. The number of aromatic hydroxyl groups is 1. The lowest BCUT2D eigenvalue weighted by atomic mass is 10.1. The number of benzene rings is 1. The van der Waals surface area contributed by atoms with Crippen molar-refractivity contribution in [3.05, 3.63) is 58.5 Å². The highest BCUT2D eigenvalue weighted by Gasteiger charge is 2.24. The van der Waals surface area contributed by atoms with E-state index in [0.717, 1.165) is 0 Å². The Morgan fingerprint density at radius 2 is 1.88 bits per heavy atom. The fourth-order valence-electron chi connectivity index (χ4n) is 2.78. The molecule has 0 fully saturated rings. The van der Waals surface area contributed by atoms with Crippen LogP contribution in [0, 0.1) is 6.92 Å². The van der Waals surface area contributed by atoms with Gasteiger partial charge in [-0.3, -0.25) is 19.1 Å². The van der Waals surface area contributed by atoms with Crippen LogP contribution in [-0.4, -0.2) is 31.6 Å². The number of nitrogens with zero attached hydrogens (tertiary/aromatic N) is 2. The number of carboxylic acid groups (broad SMARTS) is 1. The number of carboxylic acids is 1. The first-order chi connectivity index (χ1) is 11.4. The molecule has 0 bridgehead atoms. The van der Waals surface area contributed by atoms with Gasteiger partial charge < -0.3 is 10.2 Å². The predicted octanol–water partition coefficient (Wildman–Crippen LogP) is 3.02. The van der Waals surface area contributed by atoms with Crippen molar-refractivity contribution in [2.45, 2.75) is 13.3 Å². The first kappa shape index (κ1) is 16.0. The standard InChI is InChI=1S/C17H13ClN2O4/c1-9-11(8-14(22)23)15-12(2-3-13(21)16(15)18)20(9)17(24)10-4-6-19-7-5-10/h2-7,21H,8H2,1H3,(H,22,23). The van der Waals surface area contributed by atoms with Gasteiger partial charge in [0, 0.05) is 29.0 Å². The lowest BCUT2D eigenvalue weighted by molar-refractivity contribution is -0.136. The topological polar surface area (TPSA) is 92.4 Å². The quantitative estimate of drug-likeness (QED) is 0.762. The Labute approximate surface area is 141 Å². The molecule has 0 saturated carbocycles. The lowest BCUT2D eigenvalue weighted by Crippen LogP contribution is -2.14. The van der Waals surface area contributed by atoms with Crippen LogP contribution in [0.5, 0.6) is 5.75 Å². The third kappa shape index (κ3) is 2.51. The Kier molecular flexibility index (Phi) is 3.99. The molecule has 0 unspecified atom stereocenters. The number of halogens is 1. The van der Waals surface area contributed by atoms with Crippen molar-refractivity contribution in [1.82, 2.24) is 9.55 Å². The summed E-state index contributed by atoms with van der Waals surface area (Å²) in [6.07, 6.45) is 2.71. The molecule has 0 radical (unpaired) electrons. The monoisotopic (exact) mass is 344 g/mol. The number of phenolic OH excluding ortho intramolecular Hbond substituents is 1. The summed E-state index contributed by atoms with van der Waals surface area (Å²) in [7, 11) is 0.